The van der Waals surface area contributed by atoms with Gasteiger partial charge >= 0.3 is 0 Å². The first kappa shape index (κ1) is 21.5. The molecule has 0 unspecified atom stereocenters. The van der Waals surface area contributed by atoms with Gasteiger partial charge < -0.3 is 9.72 Å². The van der Waals surface area contributed by atoms with Gasteiger partial charge in [-0.3, -0.25) is 9.69 Å². The molecular formula is C23H32N6O2. The lowest BCUT2D eigenvalue weighted by Gasteiger charge is -2.34. The fraction of sp³-hybridized carbons (Fsp3) is 0.565. The van der Waals surface area contributed by atoms with E-state index in [2.05, 4.69) is 46.2 Å². The van der Waals surface area contributed by atoms with Crippen molar-refractivity contribution in [2.24, 2.45) is 0 Å². The molecule has 1 aromatic carbocycles. The van der Waals surface area contributed by atoms with Gasteiger partial charge in [-0.15, -0.1) is 5.10 Å². The summed E-state index contributed by atoms with van der Waals surface area (Å²) in [6, 6.07) is 8.10. The minimum atomic E-state index is -0.200. The average Bonchev–Trinajstić information content (AvgIpc) is 3.23. The topological polar surface area (TPSA) is 88.9 Å². The van der Waals surface area contributed by atoms with Crippen molar-refractivity contribution in [3.05, 3.63) is 46.0 Å². The number of hydrogen-bond donors (Lipinski definition) is 1. The summed E-state index contributed by atoms with van der Waals surface area (Å²) in [5, 5.41) is 13.4. The quantitative estimate of drug-likeness (QED) is 0.650. The second-order valence-electron chi connectivity index (χ2n) is 9.45. The Kier molecular flexibility index (Phi) is 6.09. The number of ether oxygens (including phenoxy) is 1. The van der Waals surface area contributed by atoms with Crippen LogP contribution in [0.25, 0.3) is 10.9 Å². The fourth-order valence-corrected chi connectivity index (χ4v) is 4.46. The molecule has 1 saturated carbocycles. The maximum Gasteiger partial charge on any atom is 0.252 e. The Hall–Kier alpha value is -2.74. The Morgan fingerprint density at radius 1 is 1.16 bits per heavy atom. The van der Waals surface area contributed by atoms with Crippen molar-refractivity contribution >= 4 is 10.9 Å². The smallest absolute Gasteiger partial charge is 0.252 e. The van der Waals surface area contributed by atoms with Crippen molar-refractivity contribution in [3.8, 4) is 5.75 Å². The van der Waals surface area contributed by atoms with Gasteiger partial charge in [0, 0.05) is 29.1 Å². The van der Waals surface area contributed by atoms with Crippen LogP contribution in [0.3, 0.4) is 0 Å². The molecule has 1 aliphatic carbocycles. The summed E-state index contributed by atoms with van der Waals surface area (Å²) in [6.07, 6.45) is 5.99. The molecule has 1 aliphatic rings. The van der Waals surface area contributed by atoms with E-state index >= 15 is 0 Å². The van der Waals surface area contributed by atoms with Crippen LogP contribution in [0.15, 0.2) is 29.1 Å². The highest BCUT2D eigenvalue weighted by atomic mass is 16.5. The minimum absolute atomic E-state index is 0.0473. The number of nitrogens with one attached hydrogen (secondary N) is 1. The molecule has 3 aromatic rings. The van der Waals surface area contributed by atoms with E-state index in [9.17, 15) is 4.79 Å². The molecule has 8 nitrogen and oxygen atoms in total. The number of H-pyrrole nitrogens is 1. The van der Waals surface area contributed by atoms with Crippen LogP contribution < -0.4 is 10.3 Å². The van der Waals surface area contributed by atoms with Gasteiger partial charge in [0.15, 0.2) is 5.82 Å². The molecule has 8 heteroatoms. The summed E-state index contributed by atoms with van der Waals surface area (Å²) in [4.78, 5) is 18.3. The molecule has 0 aliphatic heterocycles. The van der Waals surface area contributed by atoms with E-state index in [-0.39, 0.29) is 11.1 Å². The Bertz CT molecular complexity index is 1090. The van der Waals surface area contributed by atoms with E-state index in [0.29, 0.717) is 19.1 Å². The zero-order valence-electron chi connectivity index (χ0n) is 18.9. The SMILES string of the molecule is COc1ccc2[nH]c(=O)c(CN(Cc3nnnn3C(C)(C)C)C3CCCCC3)cc2c1. The number of rotatable bonds is 6. The van der Waals surface area contributed by atoms with Crippen molar-refractivity contribution in [2.75, 3.05) is 7.11 Å². The second kappa shape index (κ2) is 8.78. The highest BCUT2D eigenvalue weighted by molar-refractivity contribution is 5.80. The van der Waals surface area contributed by atoms with Gasteiger partial charge in [-0.25, -0.2) is 4.68 Å². The third kappa shape index (κ3) is 4.79. The minimum Gasteiger partial charge on any atom is -0.497 e. The van der Waals surface area contributed by atoms with Crippen LogP contribution in [0.1, 0.15) is 64.3 Å². The van der Waals surface area contributed by atoms with Crippen LogP contribution in [0, 0.1) is 0 Å². The summed E-state index contributed by atoms with van der Waals surface area (Å²) in [5.74, 6) is 1.61. The van der Waals surface area contributed by atoms with Crippen molar-refractivity contribution in [2.45, 2.75) is 77.5 Å². The predicted molar refractivity (Wildman–Crippen MR) is 120 cm³/mol. The van der Waals surface area contributed by atoms with Crippen molar-refractivity contribution < 1.29 is 4.74 Å². The number of aromatic amines is 1. The van der Waals surface area contributed by atoms with Crippen LogP contribution in [0.4, 0.5) is 0 Å². The van der Waals surface area contributed by atoms with Gasteiger partial charge in [-0.05, 0) is 68.3 Å². The highest BCUT2D eigenvalue weighted by Crippen LogP contribution is 2.26. The molecule has 2 heterocycles. The summed E-state index contributed by atoms with van der Waals surface area (Å²) in [6.45, 7) is 7.46. The number of nitrogens with zero attached hydrogens (tertiary/aromatic N) is 5. The van der Waals surface area contributed by atoms with E-state index < -0.39 is 0 Å². The molecule has 1 fully saturated rings. The van der Waals surface area contributed by atoms with Crippen LogP contribution in [0.2, 0.25) is 0 Å². The number of aromatic nitrogens is 5. The van der Waals surface area contributed by atoms with Gasteiger partial charge in [0.2, 0.25) is 0 Å². The summed E-state index contributed by atoms with van der Waals surface area (Å²) >= 11 is 0. The van der Waals surface area contributed by atoms with Gasteiger partial charge in [0.05, 0.1) is 19.2 Å². The van der Waals surface area contributed by atoms with E-state index in [1.807, 2.05) is 28.9 Å². The third-order valence-electron chi connectivity index (χ3n) is 6.11. The molecule has 0 radical (unpaired) electrons. The Labute approximate surface area is 182 Å². The Balaban J connectivity index is 1.67. The van der Waals surface area contributed by atoms with Crippen LogP contribution in [0.5, 0.6) is 5.75 Å². The molecule has 0 amide bonds. The molecule has 1 N–H and O–H groups in total. The van der Waals surface area contributed by atoms with Gasteiger partial charge in [0.1, 0.15) is 5.75 Å². The number of benzene rings is 1. The standard InChI is InChI=1S/C23H32N6O2/c1-23(2,3)29-21(25-26-27-29)15-28(18-8-6-5-7-9-18)14-17-12-16-13-19(31-4)10-11-20(16)24-22(17)30/h10-13,18H,5-9,14-15H2,1-4H3,(H,24,30). The van der Waals surface area contributed by atoms with E-state index in [4.69, 9.17) is 4.74 Å². The molecule has 31 heavy (non-hydrogen) atoms. The molecule has 166 valence electrons. The predicted octanol–water partition coefficient (Wildman–Crippen LogP) is 3.61. The molecule has 2 aromatic heterocycles. The third-order valence-corrected chi connectivity index (χ3v) is 6.11. The lowest BCUT2D eigenvalue weighted by Crippen LogP contribution is -2.39. The van der Waals surface area contributed by atoms with Crippen LogP contribution in [-0.4, -0.2) is 43.2 Å². The maximum absolute atomic E-state index is 12.9. The normalized spacial score (nSPS) is 15.6. The van der Waals surface area contributed by atoms with Gasteiger partial charge in [-0.2, -0.15) is 0 Å². The molecule has 0 bridgehead atoms. The summed E-state index contributed by atoms with van der Waals surface area (Å²) in [7, 11) is 1.65. The first-order valence-electron chi connectivity index (χ1n) is 11.1. The molecule has 4 rings (SSSR count). The van der Waals surface area contributed by atoms with Crippen molar-refractivity contribution in [3.63, 3.8) is 0 Å². The van der Waals surface area contributed by atoms with Crippen molar-refractivity contribution in [1.29, 1.82) is 0 Å². The van der Waals surface area contributed by atoms with Gasteiger partial charge in [0.25, 0.3) is 5.56 Å². The number of pyridine rings is 1. The first-order valence-corrected chi connectivity index (χ1v) is 11.1. The first-order chi connectivity index (χ1) is 14.8. The molecular weight excluding hydrogens is 392 g/mol. The van der Waals surface area contributed by atoms with Crippen molar-refractivity contribution in [1.82, 2.24) is 30.1 Å². The van der Waals surface area contributed by atoms with Gasteiger partial charge in [-0.1, -0.05) is 19.3 Å². The number of hydrogen-bond acceptors (Lipinski definition) is 6. The zero-order chi connectivity index (χ0) is 22.0. The number of methoxy groups -OCH3 is 1. The number of tetrazole rings is 1. The largest absolute Gasteiger partial charge is 0.497 e. The summed E-state index contributed by atoms with van der Waals surface area (Å²) in [5.41, 5.74) is 1.32. The maximum atomic E-state index is 12.9. The highest BCUT2D eigenvalue weighted by Gasteiger charge is 2.27. The van der Waals surface area contributed by atoms with E-state index in [1.54, 1.807) is 7.11 Å². The lowest BCUT2D eigenvalue weighted by molar-refractivity contribution is 0.130. The monoisotopic (exact) mass is 424 g/mol. The second-order valence-corrected chi connectivity index (χ2v) is 9.45. The average molecular weight is 425 g/mol. The van der Waals surface area contributed by atoms with Crippen LogP contribution >= 0.6 is 0 Å². The zero-order valence-corrected chi connectivity index (χ0v) is 18.9. The van der Waals surface area contributed by atoms with Crippen LogP contribution in [-0.2, 0) is 18.6 Å². The molecule has 0 atom stereocenters. The molecule has 0 saturated heterocycles. The lowest BCUT2D eigenvalue weighted by atomic mass is 9.93. The fourth-order valence-electron chi connectivity index (χ4n) is 4.46. The number of fused-ring (bicyclic) bond motifs is 1. The van der Waals surface area contributed by atoms with E-state index in [1.165, 1.54) is 19.3 Å². The Morgan fingerprint density at radius 2 is 1.94 bits per heavy atom. The van der Waals surface area contributed by atoms with E-state index in [0.717, 1.165) is 40.9 Å². The Morgan fingerprint density at radius 3 is 2.65 bits per heavy atom. The summed E-state index contributed by atoms with van der Waals surface area (Å²) < 4.78 is 7.24. The molecule has 0 spiro atoms.